The summed E-state index contributed by atoms with van der Waals surface area (Å²) in [6.07, 6.45) is 1.56. The first-order chi connectivity index (χ1) is 11.5. The first-order valence-electron chi connectivity index (χ1n) is 7.55. The summed E-state index contributed by atoms with van der Waals surface area (Å²) in [6, 6.07) is 6.69. The summed E-state index contributed by atoms with van der Waals surface area (Å²) in [7, 11) is 2.05. The SMILES string of the molecule is CN1CCN(C(=O)c2ccnc(Nc3cc(Cl)cc(Cl)c3)n2)CC1. The second kappa shape index (κ2) is 7.34. The lowest BCUT2D eigenvalue weighted by Gasteiger charge is -2.32. The molecule has 1 aromatic carbocycles. The molecule has 126 valence electrons. The Hall–Kier alpha value is -1.89. The second-order valence-corrected chi connectivity index (χ2v) is 6.52. The van der Waals surface area contributed by atoms with Gasteiger partial charge in [0.2, 0.25) is 5.95 Å². The molecule has 0 bridgehead atoms. The number of aromatic nitrogens is 2. The van der Waals surface area contributed by atoms with Gasteiger partial charge in [-0.15, -0.1) is 0 Å². The number of piperazine rings is 1. The van der Waals surface area contributed by atoms with Gasteiger partial charge < -0.3 is 15.1 Å². The summed E-state index contributed by atoms with van der Waals surface area (Å²) in [5, 5.41) is 4.04. The van der Waals surface area contributed by atoms with Crippen LogP contribution in [0.4, 0.5) is 11.6 Å². The Morgan fingerprint density at radius 1 is 1.12 bits per heavy atom. The Morgan fingerprint density at radius 3 is 2.46 bits per heavy atom. The molecule has 1 aliphatic heterocycles. The van der Waals surface area contributed by atoms with Crippen molar-refractivity contribution < 1.29 is 4.79 Å². The lowest BCUT2D eigenvalue weighted by Crippen LogP contribution is -2.47. The van der Waals surface area contributed by atoms with Crippen LogP contribution in [0.3, 0.4) is 0 Å². The lowest BCUT2D eigenvalue weighted by molar-refractivity contribution is 0.0658. The maximum atomic E-state index is 12.6. The summed E-state index contributed by atoms with van der Waals surface area (Å²) in [5.74, 6) is 0.242. The fraction of sp³-hybridized carbons (Fsp3) is 0.312. The summed E-state index contributed by atoms with van der Waals surface area (Å²) < 4.78 is 0. The standard InChI is InChI=1S/C16H17Cl2N5O/c1-22-4-6-23(7-5-22)15(24)14-2-3-19-16(21-14)20-13-9-11(17)8-12(18)10-13/h2-3,8-10H,4-7H2,1H3,(H,19,20,21). The van der Waals surface area contributed by atoms with E-state index in [1.54, 1.807) is 30.5 Å². The van der Waals surface area contributed by atoms with Crippen LogP contribution in [0, 0.1) is 0 Å². The van der Waals surface area contributed by atoms with Crippen LogP contribution >= 0.6 is 23.2 Å². The molecular weight excluding hydrogens is 349 g/mol. The highest BCUT2D eigenvalue weighted by atomic mass is 35.5. The number of rotatable bonds is 3. The van der Waals surface area contributed by atoms with E-state index in [1.807, 2.05) is 11.9 Å². The number of carbonyl (C=O) groups excluding carboxylic acids is 1. The summed E-state index contributed by atoms with van der Waals surface area (Å²) in [4.78, 5) is 25.0. The van der Waals surface area contributed by atoms with Crippen molar-refractivity contribution in [3.05, 3.63) is 46.2 Å². The molecule has 1 aliphatic rings. The molecular formula is C16H17Cl2N5O. The Bertz CT molecular complexity index is 727. The van der Waals surface area contributed by atoms with Crippen molar-refractivity contribution in [3.63, 3.8) is 0 Å². The Balaban J connectivity index is 1.75. The Morgan fingerprint density at radius 2 is 1.79 bits per heavy atom. The maximum absolute atomic E-state index is 12.6. The number of benzene rings is 1. The minimum absolute atomic E-state index is 0.0855. The number of hydrogen-bond donors (Lipinski definition) is 1. The van der Waals surface area contributed by atoms with E-state index < -0.39 is 0 Å². The zero-order valence-electron chi connectivity index (χ0n) is 13.2. The van der Waals surface area contributed by atoms with E-state index in [2.05, 4.69) is 20.2 Å². The van der Waals surface area contributed by atoms with Crippen molar-refractivity contribution in [2.75, 3.05) is 38.5 Å². The molecule has 0 saturated carbocycles. The third-order valence-electron chi connectivity index (χ3n) is 3.78. The van der Waals surface area contributed by atoms with Crippen molar-refractivity contribution in [1.29, 1.82) is 0 Å². The van der Waals surface area contributed by atoms with Gasteiger partial charge in [0, 0.05) is 48.1 Å². The van der Waals surface area contributed by atoms with Crippen LogP contribution in [-0.4, -0.2) is 58.9 Å². The van der Waals surface area contributed by atoms with Crippen LogP contribution in [0.15, 0.2) is 30.5 Å². The van der Waals surface area contributed by atoms with Gasteiger partial charge in [-0.25, -0.2) is 9.97 Å². The molecule has 3 rings (SSSR count). The summed E-state index contributed by atoms with van der Waals surface area (Å²) in [5.41, 5.74) is 1.03. The third kappa shape index (κ3) is 4.14. The molecule has 1 saturated heterocycles. The topological polar surface area (TPSA) is 61.4 Å². The second-order valence-electron chi connectivity index (χ2n) is 5.64. The van der Waals surface area contributed by atoms with Crippen molar-refractivity contribution in [3.8, 4) is 0 Å². The lowest BCUT2D eigenvalue weighted by atomic mass is 10.3. The molecule has 1 N–H and O–H groups in total. The first-order valence-corrected chi connectivity index (χ1v) is 8.31. The van der Waals surface area contributed by atoms with Gasteiger partial charge in [0.15, 0.2) is 0 Å². The maximum Gasteiger partial charge on any atom is 0.272 e. The fourth-order valence-corrected chi connectivity index (χ4v) is 2.99. The van der Waals surface area contributed by atoms with Gasteiger partial charge in [0.25, 0.3) is 5.91 Å². The highest BCUT2D eigenvalue weighted by Crippen LogP contribution is 2.24. The monoisotopic (exact) mass is 365 g/mol. The van der Waals surface area contributed by atoms with Crippen molar-refractivity contribution >= 4 is 40.7 Å². The molecule has 8 heteroatoms. The number of likely N-dealkylation sites (N-methyl/N-ethyl adjacent to an activating group) is 1. The normalized spacial score (nSPS) is 15.4. The third-order valence-corrected chi connectivity index (χ3v) is 4.22. The number of halogens is 2. The molecule has 6 nitrogen and oxygen atoms in total. The van der Waals surface area contributed by atoms with Crippen LogP contribution < -0.4 is 5.32 Å². The molecule has 24 heavy (non-hydrogen) atoms. The molecule has 2 heterocycles. The Labute approximate surface area is 150 Å². The average Bonchev–Trinajstić information content (AvgIpc) is 2.54. The van der Waals surface area contributed by atoms with E-state index in [1.165, 1.54) is 0 Å². The van der Waals surface area contributed by atoms with Crippen LogP contribution in [0.1, 0.15) is 10.5 Å². The molecule has 1 aromatic heterocycles. The molecule has 1 amide bonds. The number of amides is 1. The zero-order valence-corrected chi connectivity index (χ0v) is 14.7. The highest BCUT2D eigenvalue weighted by molar-refractivity contribution is 6.35. The molecule has 0 atom stereocenters. The smallest absolute Gasteiger partial charge is 0.272 e. The number of carbonyl (C=O) groups is 1. The predicted molar refractivity (Wildman–Crippen MR) is 95.2 cm³/mol. The molecule has 0 unspecified atom stereocenters. The fourth-order valence-electron chi connectivity index (χ4n) is 2.46. The van der Waals surface area contributed by atoms with Crippen molar-refractivity contribution in [2.45, 2.75) is 0 Å². The number of nitrogens with one attached hydrogen (secondary N) is 1. The van der Waals surface area contributed by atoms with Gasteiger partial charge in [-0.05, 0) is 31.3 Å². The van der Waals surface area contributed by atoms with Gasteiger partial charge in [-0.3, -0.25) is 4.79 Å². The van der Waals surface area contributed by atoms with E-state index in [4.69, 9.17) is 23.2 Å². The van der Waals surface area contributed by atoms with Gasteiger partial charge in [-0.2, -0.15) is 0 Å². The first kappa shape index (κ1) is 17.0. The Kier molecular flexibility index (Phi) is 5.18. The van der Waals surface area contributed by atoms with E-state index in [0.717, 1.165) is 13.1 Å². The average molecular weight is 366 g/mol. The van der Waals surface area contributed by atoms with E-state index in [-0.39, 0.29) is 5.91 Å². The minimum atomic E-state index is -0.0855. The van der Waals surface area contributed by atoms with Gasteiger partial charge in [0.05, 0.1) is 0 Å². The molecule has 0 spiro atoms. The van der Waals surface area contributed by atoms with E-state index in [9.17, 15) is 4.79 Å². The van der Waals surface area contributed by atoms with Gasteiger partial charge in [0.1, 0.15) is 5.69 Å². The van der Waals surface area contributed by atoms with Crippen LogP contribution in [0.25, 0.3) is 0 Å². The summed E-state index contributed by atoms with van der Waals surface area (Å²) in [6.45, 7) is 3.13. The zero-order chi connectivity index (χ0) is 17.1. The molecule has 0 aliphatic carbocycles. The van der Waals surface area contributed by atoms with Gasteiger partial charge >= 0.3 is 0 Å². The number of nitrogens with zero attached hydrogens (tertiary/aromatic N) is 4. The molecule has 2 aromatic rings. The minimum Gasteiger partial charge on any atom is -0.335 e. The molecule has 0 radical (unpaired) electrons. The number of anilines is 2. The predicted octanol–water partition coefficient (Wildman–Crippen LogP) is 2.91. The van der Waals surface area contributed by atoms with Gasteiger partial charge in [-0.1, -0.05) is 23.2 Å². The van der Waals surface area contributed by atoms with Crippen molar-refractivity contribution in [1.82, 2.24) is 19.8 Å². The van der Waals surface area contributed by atoms with Crippen LogP contribution in [-0.2, 0) is 0 Å². The van der Waals surface area contributed by atoms with Crippen molar-refractivity contribution in [2.24, 2.45) is 0 Å². The largest absolute Gasteiger partial charge is 0.335 e. The summed E-state index contributed by atoms with van der Waals surface area (Å²) >= 11 is 12.0. The van der Waals surface area contributed by atoms with E-state index in [0.29, 0.717) is 40.5 Å². The molecule has 1 fully saturated rings. The van der Waals surface area contributed by atoms with Crippen LogP contribution in [0.2, 0.25) is 10.0 Å². The number of hydrogen-bond acceptors (Lipinski definition) is 5. The quantitative estimate of drug-likeness (QED) is 0.905. The highest BCUT2D eigenvalue weighted by Gasteiger charge is 2.21. The van der Waals surface area contributed by atoms with E-state index >= 15 is 0 Å². The van der Waals surface area contributed by atoms with Crippen LogP contribution in [0.5, 0.6) is 0 Å².